The number of nitrogens with zero attached hydrogens (tertiary/aromatic N) is 2. The van der Waals surface area contributed by atoms with Gasteiger partial charge in [-0.15, -0.1) is 0 Å². The summed E-state index contributed by atoms with van der Waals surface area (Å²) in [5.74, 6) is -0.633. The normalized spacial score (nSPS) is 11.2. The molecule has 0 atom stereocenters. The highest BCUT2D eigenvalue weighted by Gasteiger charge is 2.18. The van der Waals surface area contributed by atoms with Gasteiger partial charge >= 0.3 is 0 Å². The van der Waals surface area contributed by atoms with E-state index in [9.17, 15) is 20.2 Å². The lowest BCUT2D eigenvalue weighted by atomic mass is 9.98. The molecule has 7 heteroatoms. The first kappa shape index (κ1) is 20.1. The zero-order valence-electron chi connectivity index (χ0n) is 15.1. The summed E-state index contributed by atoms with van der Waals surface area (Å²) >= 11 is 6.03. The first-order chi connectivity index (χ1) is 12.7. The maximum absolute atomic E-state index is 12.4. The second-order valence-electron chi connectivity index (χ2n) is 6.27. The van der Waals surface area contributed by atoms with Crippen LogP contribution in [0.5, 0.6) is 0 Å². The predicted octanol–water partition coefficient (Wildman–Crippen LogP) is 5.23. The number of nitrogens with one attached hydrogen (secondary N) is 1. The van der Waals surface area contributed by atoms with Crippen molar-refractivity contribution in [3.05, 3.63) is 73.8 Å². The quantitative estimate of drug-likeness (QED) is 0.331. The maximum Gasteiger partial charge on any atom is 0.273 e. The fourth-order valence-electron chi connectivity index (χ4n) is 2.54. The Morgan fingerprint density at radius 1 is 1.33 bits per heavy atom. The number of anilines is 1. The van der Waals surface area contributed by atoms with Crippen LogP contribution in [0.4, 0.5) is 11.4 Å². The fourth-order valence-corrected chi connectivity index (χ4v) is 2.72. The molecule has 0 saturated heterocycles. The van der Waals surface area contributed by atoms with Crippen molar-refractivity contribution in [2.45, 2.75) is 26.7 Å². The Morgan fingerprint density at radius 2 is 2.04 bits per heavy atom. The van der Waals surface area contributed by atoms with Crippen molar-refractivity contribution >= 4 is 35.0 Å². The van der Waals surface area contributed by atoms with Crippen molar-refractivity contribution in [1.82, 2.24) is 0 Å². The molecular weight excluding hydrogens is 366 g/mol. The van der Waals surface area contributed by atoms with Gasteiger partial charge in [-0.1, -0.05) is 43.6 Å². The highest BCUT2D eigenvalue weighted by Crippen LogP contribution is 2.28. The van der Waals surface area contributed by atoms with Gasteiger partial charge in [0.2, 0.25) is 0 Å². The van der Waals surface area contributed by atoms with Gasteiger partial charge in [0.1, 0.15) is 11.6 Å². The molecular formula is C20H18ClN3O3. The van der Waals surface area contributed by atoms with Crippen LogP contribution in [0.2, 0.25) is 5.02 Å². The number of halogens is 1. The summed E-state index contributed by atoms with van der Waals surface area (Å²) < 4.78 is 0. The zero-order valence-corrected chi connectivity index (χ0v) is 15.9. The van der Waals surface area contributed by atoms with Crippen LogP contribution in [0.1, 0.15) is 36.5 Å². The van der Waals surface area contributed by atoms with Crippen LogP contribution in [0.3, 0.4) is 0 Å². The minimum Gasteiger partial charge on any atom is -0.321 e. The first-order valence-corrected chi connectivity index (χ1v) is 8.59. The molecule has 1 N–H and O–H groups in total. The molecule has 0 aliphatic heterocycles. The largest absolute Gasteiger partial charge is 0.321 e. The van der Waals surface area contributed by atoms with Gasteiger partial charge in [-0.2, -0.15) is 5.26 Å². The Morgan fingerprint density at radius 3 is 2.63 bits per heavy atom. The lowest BCUT2D eigenvalue weighted by Gasteiger charge is -2.09. The number of benzene rings is 2. The number of rotatable bonds is 5. The van der Waals surface area contributed by atoms with E-state index in [0.717, 1.165) is 0 Å². The molecule has 0 radical (unpaired) electrons. The molecule has 0 fully saturated rings. The van der Waals surface area contributed by atoms with E-state index in [4.69, 9.17) is 11.6 Å². The van der Waals surface area contributed by atoms with E-state index in [2.05, 4.69) is 5.32 Å². The molecule has 0 spiro atoms. The molecule has 138 valence electrons. The predicted molar refractivity (Wildman–Crippen MR) is 106 cm³/mol. The van der Waals surface area contributed by atoms with Gasteiger partial charge in [-0.25, -0.2) is 0 Å². The van der Waals surface area contributed by atoms with E-state index in [1.807, 2.05) is 19.9 Å². The minimum absolute atomic E-state index is 0.0204. The van der Waals surface area contributed by atoms with Crippen LogP contribution in [0.25, 0.3) is 6.08 Å². The summed E-state index contributed by atoms with van der Waals surface area (Å²) in [5.41, 5.74) is 1.97. The second kappa shape index (κ2) is 8.47. The molecule has 6 nitrogen and oxygen atoms in total. The number of carbonyl (C=O) groups excluding carboxylic acids is 1. The van der Waals surface area contributed by atoms with E-state index < -0.39 is 10.8 Å². The Kier molecular flexibility index (Phi) is 6.32. The molecule has 0 aliphatic rings. The van der Waals surface area contributed by atoms with Crippen LogP contribution < -0.4 is 5.32 Å². The van der Waals surface area contributed by atoms with Crippen LogP contribution >= 0.6 is 11.6 Å². The van der Waals surface area contributed by atoms with Gasteiger partial charge in [0.15, 0.2) is 0 Å². The Bertz CT molecular complexity index is 975. The third-order valence-corrected chi connectivity index (χ3v) is 4.47. The van der Waals surface area contributed by atoms with Crippen molar-refractivity contribution in [1.29, 1.82) is 5.26 Å². The maximum atomic E-state index is 12.4. The minimum atomic E-state index is -0.613. The third kappa shape index (κ3) is 4.72. The third-order valence-electron chi connectivity index (χ3n) is 4.07. The SMILES string of the molecule is Cc1c(Cl)cccc1NC(=O)/C(C#N)=C/c1ccc(C(C)C)c([N+](=O)[O-])c1. The Balaban J connectivity index is 2.37. The van der Waals surface area contributed by atoms with E-state index >= 15 is 0 Å². The monoisotopic (exact) mass is 383 g/mol. The molecule has 0 unspecified atom stereocenters. The average Bonchev–Trinajstić information content (AvgIpc) is 2.63. The van der Waals surface area contributed by atoms with E-state index in [-0.39, 0.29) is 17.2 Å². The zero-order chi connectivity index (χ0) is 20.1. The van der Waals surface area contributed by atoms with Gasteiger partial charge in [0, 0.05) is 22.3 Å². The van der Waals surface area contributed by atoms with E-state index in [1.165, 1.54) is 12.1 Å². The highest BCUT2D eigenvalue weighted by atomic mass is 35.5. The summed E-state index contributed by atoms with van der Waals surface area (Å²) in [6.45, 7) is 5.47. The van der Waals surface area contributed by atoms with Crippen LogP contribution in [0, 0.1) is 28.4 Å². The summed E-state index contributed by atoms with van der Waals surface area (Å²) in [5, 5.41) is 23.8. The van der Waals surface area contributed by atoms with Crippen LogP contribution in [0.15, 0.2) is 42.0 Å². The highest BCUT2D eigenvalue weighted by molar-refractivity contribution is 6.31. The lowest BCUT2D eigenvalue weighted by molar-refractivity contribution is -0.385. The molecule has 0 aromatic heterocycles. The van der Waals surface area contributed by atoms with Crippen molar-refractivity contribution in [3.63, 3.8) is 0 Å². The van der Waals surface area contributed by atoms with E-state index in [0.29, 0.717) is 27.4 Å². The van der Waals surface area contributed by atoms with Crippen molar-refractivity contribution < 1.29 is 9.72 Å². The summed E-state index contributed by atoms with van der Waals surface area (Å²) in [4.78, 5) is 23.3. The number of nitriles is 1. The van der Waals surface area contributed by atoms with Gasteiger partial charge in [-0.05, 0) is 42.2 Å². The Labute approximate surface area is 162 Å². The average molecular weight is 384 g/mol. The standard InChI is InChI=1S/C20H18ClN3O3/c1-12(2)16-8-7-14(10-19(16)24(26)27)9-15(11-22)20(25)23-18-6-4-5-17(21)13(18)3/h4-10,12H,1-3H3,(H,23,25)/b15-9+. The molecule has 1 amide bonds. The molecule has 2 aromatic rings. The van der Waals surface area contributed by atoms with Crippen molar-refractivity contribution in [2.75, 3.05) is 5.32 Å². The molecule has 2 rings (SSSR count). The van der Waals surface area contributed by atoms with Crippen LogP contribution in [-0.4, -0.2) is 10.8 Å². The van der Waals surface area contributed by atoms with Crippen LogP contribution in [-0.2, 0) is 4.79 Å². The molecule has 0 saturated carbocycles. The number of hydrogen-bond acceptors (Lipinski definition) is 4. The number of hydrogen-bond donors (Lipinski definition) is 1. The topological polar surface area (TPSA) is 96.0 Å². The molecule has 2 aromatic carbocycles. The number of nitro benzene ring substituents is 1. The molecule has 27 heavy (non-hydrogen) atoms. The number of amides is 1. The smallest absolute Gasteiger partial charge is 0.273 e. The summed E-state index contributed by atoms with van der Waals surface area (Å²) in [7, 11) is 0. The number of nitro groups is 1. The van der Waals surface area contributed by atoms with E-state index in [1.54, 1.807) is 37.3 Å². The first-order valence-electron chi connectivity index (χ1n) is 8.21. The molecule has 0 heterocycles. The molecule has 0 bridgehead atoms. The Hall–Kier alpha value is -3.17. The van der Waals surface area contributed by atoms with Crippen molar-refractivity contribution in [2.24, 2.45) is 0 Å². The van der Waals surface area contributed by atoms with Gasteiger partial charge in [0.05, 0.1) is 4.92 Å². The summed E-state index contributed by atoms with van der Waals surface area (Å²) in [6.07, 6.45) is 1.33. The second-order valence-corrected chi connectivity index (χ2v) is 6.67. The lowest BCUT2D eigenvalue weighted by Crippen LogP contribution is -2.14. The van der Waals surface area contributed by atoms with Gasteiger partial charge in [-0.3, -0.25) is 14.9 Å². The fraction of sp³-hybridized carbons (Fsp3) is 0.200. The summed E-state index contributed by atoms with van der Waals surface area (Å²) in [6, 6.07) is 11.6. The molecule has 0 aliphatic carbocycles. The van der Waals surface area contributed by atoms with Gasteiger partial charge < -0.3 is 5.32 Å². The van der Waals surface area contributed by atoms with Gasteiger partial charge in [0.25, 0.3) is 11.6 Å². The number of carbonyl (C=O) groups is 1. The van der Waals surface area contributed by atoms with Crippen molar-refractivity contribution in [3.8, 4) is 6.07 Å².